The molecule has 0 aromatic heterocycles. The molecule has 0 heterocycles. The zero-order valence-electron chi connectivity index (χ0n) is 8.77. The normalized spacial score (nSPS) is 10.2. The fourth-order valence-corrected chi connectivity index (χ4v) is 1.67. The molecule has 0 aliphatic heterocycles. The zero-order chi connectivity index (χ0) is 10.0. The SMILES string of the molecule is COc1c(C)cc(CN)c(C)c1C. The van der Waals surface area contributed by atoms with Gasteiger partial charge in [0.1, 0.15) is 5.75 Å². The first kappa shape index (κ1) is 10.1. The van der Waals surface area contributed by atoms with Crippen molar-refractivity contribution < 1.29 is 4.74 Å². The van der Waals surface area contributed by atoms with Crippen molar-refractivity contribution in [3.8, 4) is 5.75 Å². The summed E-state index contributed by atoms with van der Waals surface area (Å²) in [5, 5.41) is 0. The molecule has 1 aromatic rings. The Labute approximate surface area is 79.7 Å². The van der Waals surface area contributed by atoms with Crippen LogP contribution in [0.5, 0.6) is 5.75 Å². The highest BCUT2D eigenvalue weighted by atomic mass is 16.5. The number of nitrogens with two attached hydrogens (primary N) is 1. The lowest BCUT2D eigenvalue weighted by molar-refractivity contribution is 0.408. The van der Waals surface area contributed by atoms with E-state index in [9.17, 15) is 0 Å². The first-order chi connectivity index (χ1) is 6.11. The van der Waals surface area contributed by atoms with E-state index in [1.165, 1.54) is 16.7 Å². The summed E-state index contributed by atoms with van der Waals surface area (Å²) in [6.45, 7) is 6.79. The average Bonchev–Trinajstić information content (AvgIpc) is 2.12. The highest BCUT2D eigenvalue weighted by Gasteiger charge is 2.08. The van der Waals surface area contributed by atoms with Gasteiger partial charge >= 0.3 is 0 Å². The van der Waals surface area contributed by atoms with Crippen molar-refractivity contribution in [2.24, 2.45) is 5.73 Å². The molecule has 0 radical (unpaired) electrons. The van der Waals surface area contributed by atoms with E-state index in [-0.39, 0.29) is 0 Å². The molecule has 2 N–H and O–H groups in total. The summed E-state index contributed by atoms with van der Waals surface area (Å²) >= 11 is 0. The van der Waals surface area contributed by atoms with E-state index in [4.69, 9.17) is 10.5 Å². The molecular formula is C11H17NO. The largest absolute Gasteiger partial charge is 0.496 e. The number of hydrogen-bond acceptors (Lipinski definition) is 2. The number of benzene rings is 1. The summed E-state index contributed by atoms with van der Waals surface area (Å²) < 4.78 is 5.32. The van der Waals surface area contributed by atoms with Crippen LogP contribution in [0.25, 0.3) is 0 Å². The van der Waals surface area contributed by atoms with Crippen LogP contribution in [0.1, 0.15) is 22.3 Å². The van der Waals surface area contributed by atoms with Crippen LogP contribution in [-0.2, 0) is 6.54 Å². The third-order valence-electron chi connectivity index (χ3n) is 2.56. The second-order valence-electron chi connectivity index (χ2n) is 3.34. The number of hydrogen-bond donors (Lipinski definition) is 1. The number of methoxy groups -OCH3 is 1. The molecule has 0 aliphatic rings. The van der Waals surface area contributed by atoms with Crippen molar-refractivity contribution in [2.75, 3.05) is 7.11 Å². The minimum Gasteiger partial charge on any atom is -0.496 e. The second-order valence-corrected chi connectivity index (χ2v) is 3.34. The van der Waals surface area contributed by atoms with E-state index in [1.54, 1.807) is 7.11 Å². The van der Waals surface area contributed by atoms with Gasteiger partial charge in [0.05, 0.1) is 7.11 Å². The third-order valence-corrected chi connectivity index (χ3v) is 2.56. The molecule has 0 saturated carbocycles. The van der Waals surface area contributed by atoms with E-state index in [0.717, 1.165) is 11.3 Å². The Balaban J connectivity index is 3.37. The van der Waals surface area contributed by atoms with Crippen LogP contribution >= 0.6 is 0 Å². The smallest absolute Gasteiger partial charge is 0.124 e. The first-order valence-electron chi connectivity index (χ1n) is 4.45. The molecule has 1 rings (SSSR count). The lowest BCUT2D eigenvalue weighted by Crippen LogP contribution is -2.03. The highest BCUT2D eigenvalue weighted by molar-refractivity contribution is 5.48. The summed E-state index contributed by atoms with van der Waals surface area (Å²) in [6.07, 6.45) is 0. The molecule has 0 saturated heterocycles. The Morgan fingerprint density at radius 1 is 1.23 bits per heavy atom. The maximum absolute atomic E-state index is 5.64. The van der Waals surface area contributed by atoms with Crippen molar-refractivity contribution in [1.82, 2.24) is 0 Å². The summed E-state index contributed by atoms with van der Waals surface area (Å²) in [7, 11) is 1.71. The first-order valence-corrected chi connectivity index (χ1v) is 4.45. The van der Waals surface area contributed by atoms with Gasteiger partial charge in [0, 0.05) is 6.54 Å². The number of ether oxygens (including phenoxy) is 1. The van der Waals surface area contributed by atoms with Crippen LogP contribution in [-0.4, -0.2) is 7.11 Å². The minimum absolute atomic E-state index is 0.595. The molecule has 0 fully saturated rings. The number of aryl methyl sites for hydroxylation is 1. The van der Waals surface area contributed by atoms with Crippen LogP contribution in [0, 0.1) is 20.8 Å². The Bertz CT molecular complexity index is 318. The van der Waals surface area contributed by atoms with Crippen LogP contribution in [0.4, 0.5) is 0 Å². The van der Waals surface area contributed by atoms with Gasteiger partial charge in [0.2, 0.25) is 0 Å². The van der Waals surface area contributed by atoms with Crippen molar-refractivity contribution in [2.45, 2.75) is 27.3 Å². The molecule has 13 heavy (non-hydrogen) atoms. The van der Waals surface area contributed by atoms with E-state index in [0.29, 0.717) is 6.54 Å². The molecule has 0 spiro atoms. The fraction of sp³-hybridized carbons (Fsp3) is 0.455. The summed E-state index contributed by atoms with van der Waals surface area (Å²) in [6, 6.07) is 2.10. The maximum atomic E-state index is 5.64. The van der Waals surface area contributed by atoms with Crippen LogP contribution in [0.15, 0.2) is 6.07 Å². The Kier molecular flexibility index (Phi) is 2.94. The van der Waals surface area contributed by atoms with Gasteiger partial charge in [-0.3, -0.25) is 0 Å². The predicted octanol–water partition coefficient (Wildman–Crippen LogP) is 2.08. The highest BCUT2D eigenvalue weighted by Crippen LogP contribution is 2.28. The van der Waals surface area contributed by atoms with Gasteiger partial charge in [-0.2, -0.15) is 0 Å². The summed E-state index contributed by atoms with van der Waals surface area (Å²) in [4.78, 5) is 0. The molecule has 0 aliphatic carbocycles. The molecule has 0 amide bonds. The van der Waals surface area contributed by atoms with Gasteiger partial charge in [0.15, 0.2) is 0 Å². The van der Waals surface area contributed by atoms with Crippen molar-refractivity contribution >= 4 is 0 Å². The standard InChI is InChI=1S/C11H17NO/c1-7-5-10(6-12)8(2)9(3)11(7)13-4/h5H,6,12H2,1-4H3. The molecule has 0 atom stereocenters. The Morgan fingerprint density at radius 3 is 2.31 bits per heavy atom. The third kappa shape index (κ3) is 1.68. The van der Waals surface area contributed by atoms with Crippen molar-refractivity contribution in [1.29, 1.82) is 0 Å². The minimum atomic E-state index is 0.595. The maximum Gasteiger partial charge on any atom is 0.124 e. The molecule has 2 heteroatoms. The van der Waals surface area contributed by atoms with Gasteiger partial charge in [-0.15, -0.1) is 0 Å². The second kappa shape index (κ2) is 3.79. The van der Waals surface area contributed by atoms with Crippen LogP contribution in [0.2, 0.25) is 0 Å². The fourth-order valence-electron chi connectivity index (χ4n) is 1.67. The Hall–Kier alpha value is -1.02. The lowest BCUT2D eigenvalue weighted by Gasteiger charge is -2.14. The van der Waals surface area contributed by atoms with Crippen LogP contribution in [0.3, 0.4) is 0 Å². The lowest BCUT2D eigenvalue weighted by atomic mass is 9.99. The predicted molar refractivity (Wildman–Crippen MR) is 55.1 cm³/mol. The molecular weight excluding hydrogens is 162 g/mol. The molecule has 1 aromatic carbocycles. The monoisotopic (exact) mass is 179 g/mol. The molecule has 0 bridgehead atoms. The topological polar surface area (TPSA) is 35.2 Å². The number of rotatable bonds is 2. The van der Waals surface area contributed by atoms with Crippen molar-refractivity contribution in [3.05, 3.63) is 28.3 Å². The van der Waals surface area contributed by atoms with Gasteiger partial charge < -0.3 is 10.5 Å². The van der Waals surface area contributed by atoms with Gasteiger partial charge in [-0.1, -0.05) is 6.07 Å². The van der Waals surface area contributed by atoms with Gasteiger partial charge in [-0.25, -0.2) is 0 Å². The van der Waals surface area contributed by atoms with E-state index < -0.39 is 0 Å². The van der Waals surface area contributed by atoms with Gasteiger partial charge in [-0.05, 0) is 43.0 Å². The quantitative estimate of drug-likeness (QED) is 0.754. The zero-order valence-corrected chi connectivity index (χ0v) is 8.77. The van der Waals surface area contributed by atoms with Crippen LogP contribution < -0.4 is 10.5 Å². The molecule has 0 unspecified atom stereocenters. The van der Waals surface area contributed by atoms with E-state index in [2.05, 4.69) is 19.9 Å². The molecule has 72 valence electrons. The molecule has 2 nitrogen and oxygen atoms in total. The van der Waals surface area contributed by atoms with E-state index in [1.807, 2.05) is 6.92 Å². The van der Waals surface area contributed by atoms with Crippen molar-refractivity contribution in [3.63, 3.8) is 0 Å². The summed E-state index contributed by atoms with van der Waals surface area (Å²) in [5.41, 5.74) is 10.4. The Morgan fingerprint density at radius 2 is 1.85 bits per heavy atom. The summed E-state index contributed by atoms with van der Waals surface area (Å²) in [5.74, 6) is 0.981. The average molecular weight is 179 g/mol. The van der Waals surface area contributed by atoms with E-state index >= 15 is 0 Å². The van der Waals surface area contributed by atoms with Gasteiger partial charge in [0.25, 0.3) is 0 Å².